The molecular weight excluding hydrogens is 372 g/mol. The van der Waals surface area contributed by atoms with E-state index in [1.165, 1.54) is 30.5 Å². The Morgan fingerprint density at radius 2 is 1.90 bits per heavy atom. The van der Waals surface area contributed by atoms with E-state index in [1.807, 2.05) is 19.4 Å². The number of benzene rings is 1. The second-order valence-electron chi connectivity index (χ2n) is 9.80. The van der Waals surface area contributed by atoms with Crippen LogP contribution in [0.3, 0.4) is 0 Å². The van der Waals surface area contributed by atoms with E-state index in [0.29, 0.717) is 23.7 Å². The van der Waals surface area contributed by atoms with Gasteiger partial charge in [0.05, 0.1) is 6.20 Å². The Morgan fingerprint density at radius 3 is 2.60 bits per heavy atom. The van der Waals surface area contributed by atoms with Gasteiger partial charge in [-0.05, 0) is 54.8 Å². The van der Waals surface area contributed by atoms with Crippen LogP contribution in [0.5, 0.6) is 0 Å². The lowest BCUT2D eigenvalue weighted by molar-refractivity contribution is -0.130. The van der Waals surface area contributed by atoms with Crippen LogP contribution in [-0.4, -0.2) is 51.7 Å². The molecule has 2 aliphatic heterocycles. The molecule has 0 bridgehead atoms. The van der Waals surface area contributed by atoms with Crippen LogP contribution in [0.15, 0.2) is 36.7 Å². The van der Waals surface area contributed by atoms with Crippen LogP contribution in [0.2, 0.25) is 0 Å². The molecule has 0 N–H and O–H groups in total. The molecule has 162 valence electrons. The molecule has 0 saturated carbocycles. The standard InChI is InChI=1S/C25H36N4O/c1-20(2)23-8-5-21(6-9-23)17-28-13-4-11-25(18-28)12-14-29(19-25)24(30)10-7-22-15-26-27(3)16-22/h5-6,8-9,15-16,20H,4,7,10-14,17-19H2,1-3H3/t25-/m1/s1. The third kappa shape index (κ3) is 4.94. The number of hydrogen-bond donors (Lipinski definition) is 0. The topological polar surface area (TPSA) is 41.4 Å². The van der Waals surface area contributed by atoms with Crippen LogP contribution in [0.4, 0.5) is 0 Å². The normalized spacial score (nSPS) is 22.3. The predicted molar refractivity (Wildman–Crippen MR) is 120 cm³/mol. The van der Waals surface area contributed by atoms with E-state index < -0.39 is 0 Å². The van der Waals surface area contributed by atoms with Crippen molar-refractivity contribution in [3.8, 4) is 0 Å². The minimum absolute atomic E-state index is 0.292. The Hall–Kier alpha value is -2.14. The fraction of sp³-hybridized carbons (Fsp3) is 0.600. The van der Waals surface area contributed by atoms with E-state index in [0.717, 1.165) is 44.6 Å². The van der Waals surface area contributed by atoms with Gasteiger partial charge in [-0.2, -0.15) is 5.10 Å². The third-order valence-electron chi connectivity index (χ3n) is 6.97. The molecule has 3 heterocycles. The number of piperidine rings is 1. The highest BCUT2D eigenvalue weighted by Gasteiger charge is 2.42. The zero-order valence-electron chi connectivity index (χ0n) is 18.8. The minimum Gasteiger partial charge on any atom is -0.342 e. The summed E-state index contributed by atoms with van der Waals surface area (Å²) < 4.78 is 1.80. The summed E-state index contributed by atoms with van der Waals surface area (Å²) in [5.41, 5.74) is 4.25. The lowest BCUT2D eigenvalue weighted by Crippen LogP contribution is -2.45. The van der Waals surface area contributed by atoms with Crippen molar-refractivity contribution < 1.29 is 4.79 Å². The molecule has 2 saturated heterocycles. The van der Waals surface area contributed by atoms with Gasteiger partial charge in [0.15, 0.2) is 0 Å². The van der Waals surface area contributed by atoms with Crippen molar-refractivity contribution in [2.45, 2.75) is 58.4 Å². The molecule has 2 fully saturated rings. The zero-order chi connectivity index (χ0) is 21.1. The Kier molecular flexibility index (Phi) is 6.28. The predicted octanol–water partition coefficient (Wildman–Crippen LogP) is 3.99. The molecule has 0 aliphatic carbocycles. The fourth-order valence-corrected chi connectivity index (χ4v) is 5.20. The highest BCUT2D eigenvalue weighted by Crippen LogP contribution is 2.39. The quantitative estimate of drug-likeness (QED) is 0.726. The van der Waals surface area contributed by atoms with Crippen molar-refractivity contribution in [3.05, 3.63) is 53.3 Å². The smallest absolute Gasteiger partial charge is 0.222 e. The first-order valence-electron chi connectivity index (χ1n) is 11.5. The summed E-state index contributed by atoms with van der Waals surface area (Å²) in [7, 11) is 1.92. The van der Waals surface area contributed by atoms with Crippen LogP contribution in [0.1, 0.15) is 62.1 Å². The van der Waals surface area contributed by atoms with Crippen molar-refractivity contribution in [1.82, 2.24) is 19.6 Å². The molecule has 5 heteroatoms. The third-order valence-corrected chi connectivity index (χ3v) is 6.97. The molecule has 1 atom stereocenters. The van der Waals surface area contributed by atoms with Gasteiger partial charge in [0.25, 0.3) is 0 Å². The number of nitrogens with zero attached hydrogens (tertiary/aromatic N) is 4. The number of likely N-dealkylation sites (tertiary alicyclic amines) is 2. The van der Waals surface area contributed by atoms with Crippen LogP contribution >= 0.6 is 0 Å². The van der Waals surface area contributed by atoms with Gasteiger partial charge in [-0.15, -0.1) is 0 Å². The van der Waals surface area contributed by atoms with E-state index in [-0.39, 0.29) is 0 Å². The number of hydrogen-bond acceptors (Lipinski definition) is 3. The van der Waals surface area contributed by atoms with E-state index in [4.69, 9.17) is 0 Å². The summed E-state index contributed by atoms with van der Waals surface area (Å²) >= 11 is 0. The van der Waals surface area contributed by atoms with Gasteiger partial charge < -0.3 is 4.90 Å². The van der Waals surface area contributed by atoms with Gasteiger partial charge in [0, 0.05) is 51.3 Å². The summed E-state index contributed by atoms with van der Waals surface area (Å²) in [5, 5.41) is 4.20. The zero-order valence-corrected chi connectivity index (χ0v) is 18.8. The fourth-order valence-electron chi connectivity index (χ4n) is 5.20. The molecule has 0 unspecified atom stereocenters. The highest BCUT2D eigenvalue weighted by molar-refractivity contribution is 5.76. The number of carbonyl (C=O) groups excluding carboxylic acids is 1. The average Bonchev–Trinajstić information content (AvgIpc) is 3.33. The summed E-state index contributed by atoms with van der Waals surface area (Å²) in [6.07, 6.45) is 8.89. The molecule has 4 rings (SSSR count). The monoisotopic (exact) mass is 408 g/mol. The van der Waals surface area contributed by atoms with Crippen molar-refractivity contribution in [2.75, 3.05) is 26.2 Å². The number of amides is 1. The van der Waals surface area contributed by atoms with Crippen molar-refractivity contribution >= 4 is 5.91 Å². The van der Waals surface area contributed by atoms with Gasteiger partial charge in [0.2, 0.25) is 5.91 Å². The summed E-state index contributed by atoms with van der Waals surface area (Å²) in [4.78, 5) is 17.5. The largest absolute Gasteiger partial charge is 0.342 e. The molecule has 1 aromatic carbocycles. The number of aromatic nitrogens is 2. The number of carbonyl (C=O) groups is 1. The summed E-state index contributed by atoms with van der Waals surface area (Å²) in [6, 6.07) is 9.13. The molecule has 1 aromatic heterocycles. The summed E-state index contributed by atoms with van der Waals surface area (Å²) in [6.45, 7) is 9.65. The molecule has 1 spiro atoms. The van der Waals surface area contributed by atoms with Crippen LogP contribution in [0.25, 0.3) is 0 Å². The van der Waals surface area contributed by atoms with E-state index in [2.05, 4.69) is 53.0 Å². The second-order valence-corrected chi connectivity index (χ2v) is 9.80. The van der Waals surface area contributed by atoms with Gasteiger partial charge in [-0.1, -0.05) is 38.1 Å². The Morgan fingerprint density at radius 1 is 1.10 bits per heavy atom. The van der Waals surface area contributed by atoms with E-state index in [9.17, 15) is 4.79 Å². The first-order chi connectivity index (χ1) is 14.4. The molecule has 30 heavy (non-hydrogen) atoms. The maximum absolute atomic E-state index is 12.8. The number of aryl methyl sites for hydroxylation is 2. The van der Waals surface area contributed by atoms with Gasteiger partial charge in [-0.3, -0.25) is 14.4 Å². The Bertz CT molecular complexity index is 856. The lowest BCUT2D eigenvalue weighted by Gasteiger charge is -2.40. The average molecular weight is 409 g/mol. The maximum Gasteiger partial charge on any atom is 0.222 e. The molecule has 5 nitrogen and oxygen atoms in total. The molecule has 0 radical (unpaired) electrons. The SMILES string of the molecule is CC(C)c1ccc(CN2CCC[C@@]3(CCN(C(=O)CCc4cnn(C)c4)C3)C2)cc1. The van der Waals surface area contributed by atoms with Gasteiger partial charge >= 0.3 is 0 Å². The molecule has 2 aliphatic rings. The highest BCUT2D eigenvalue weighted by atomic mass is 16.2. The first-order valence-corrected chi connectivity index (χ1v) is 11.5. The summed E-state index contributed by atoms with van der Waals surface area (Å²) in [5.74, 6) is 0.884. The van der Waals surface area contributed by atoms with Gasteiger partial charge in [-0.25, -0.2) is 0 Å². The lowest BCUT2D eigenvalue weighted by atomic mass is 9.79. The molecule has 1 amide bonds. The maximum atomic E-state index is 12.8. The van der Waals surface area contributed by atoms with Gasteiger partial charge in [0.1, 0.15) is 0 Å². The van der Waals surface area contributed by atoms with Crippen molar-refractivity contribution in [3.63, 3.8) is 0 Å². The Labute approximate surface area is 181 Å². The van der Waals surface area contributed by atoms with Crippen molar-refractivity contribution in [2.24, 2.45) is 12.5 Å². The second kappa shape index (κ2) is 8.93. The van der Waals surface area contributed by atoms with E-state index in [1.54, 1.807) is 4.68 Å². The van der Waals surface area contributed by atoms with Crippen LogP contribution in [-0.2, 0) is 24.8 Å². The van der Waals surface area contributed by atoms with E-state index >= 15 is 0 Å². The Balaban J connectivity index is 1.30. The molecular formula is C25H36N4O. The minimum atomic E-state index is 0.292. The number of rotatable bonds is 6. The first kappa shape index (κ1) is 21.1. The molecule has 2 aromatic rings. The van der Waals surface area contributed by atoms with Crippen molar-refractivity contribution in [1.29, 1.82) is 0 Å². The van der Waals surface area contributed by atoms with Crippen LogP contribution in [0, 0.1) is 5.41 Å². The van der Waals surface area contributed by atoms with Crippen LogP contribution < -0.4 is 0 Å².